The van der Waals surface area contributed by atoms with Crippen molar-refractivity contribution in [1.29, 1.82) is 0 Å². The van der Waals surface area contributed by atoms with E-state index in [1.54, 1.807) is 12.1 Å². The lowest BCUT2D eigenvalue weighted by Crippen LogP contribution is -2.25. The number of amides is 1. The van der Waals surface area contributed by atoms with E-state index >= 15 is 0 Å². The molecular formula is C25H32N2O2. The predicted molar refractivity (Wildman–Crippen MR) is 117 cm³/mol. The Hall–Kier alpha value is -2.46. The van der Waals surface area contributed by atoms with Crippen molar-refractivity contribution in [3.63, 3.8) is 0 Å². The maximum absolute atomic E-state index is 12.3. The minimum atomic E-state index is -0.0675. The number of hydrogen-bond donors (Lipinski definition) is 1. The summed E-state index contributed by atoms with van der Waals surface area (Å²) in [4.78, 5) is 26.6. The summed E-state index contributed by atoms with van der Waals surface area (Å²) in [5.41, 5.74) is 4.20. The van der Waals surface area contributed by atoms with Crippen LogP contribution in [0, 0.1) is 0 Å². The summed E-state index contributed by atoms with van der Waals surface area (Å²) in [6, 6.07) is 16.1. The van der Waals surface area contributed by atoms with E-state index in [-0.39, 0.29) is 11.7 Å². The largest absolute Gasteiger partial charge is 0.352 e. The lowest BCUT2D eigenvalue weighted by molar-refractivity contribution is -0.118. The molecule has 1 amide bonds. The molecule has 0 radical (unpaired) electrons. The highest BCUT2D eigenvalue weighted by Crippen LogP contribution is 2.13. The van der Waals surface area contributed by atoms with E-state index < -0.39 is 0 Å². The van der Waals surface area contributed by atoms with Gasteiger partial charge in [0.05, 0.1) is 0 Å². The van der Waals surface area contributed by atoms with E-state index in [2.05, 4.69) is 34.5 Å². The van der Waals surface area contributed by atoms with Crippen LogP contribution in [0.4, 0.5) is 0 Å². The minimum Gasteiger partial charge on any atom is -0.352 e. The maximum Gasteiger partial charge on any atom is 0.251 e. The SMILES string of the molecule is CCCC(=O)Cc1ccc(C(=O)NCCc2ccc(CN3CCCC3)cc2)cc1. The molecule has 1 N–H and O–H groups in total. The van der Waals surface area contributed by atoms with Crippen molar-refractivity contribution in [3.8, 4) is 0 Å². The lowest BCUT2D eigenvalue weighted by Gasteiger charge is -2.14. The number of benzene rings is 2. The number of nitrogens with one attached hydrogen (secondary N) is 1. The van der Waals surface area contributed by atoms with E-state index in [0.717, 1.165) is 24.9 Å². The molecule has 154 valence electrons. The second-order valence-corrected chi connectivity index (χ2v) is 7.97. The van der Waals surface area contributed by atoms with Gasteiger partial charge in [0.25, 0.3) is 5.91 Å². The fourth-order valence-corrected chi connectivity index (χ4v) is 3.80. The Balaban J connectivity index is 1.41. The van der Waals surface area contributed by atoms with Crippen molar-refractivity contribution in [2.75, 3.05) is 19.6 Å². The first-order valence-electron chi connectivity index (χ1n) is 10.8. The molecule has 0 aliphatic carbocycles. The number of rotatable bonds is 10. The summed E-state index contributed by atoms with van der Waals surface area (Å²) in [5.74, 6) is 0.179. The molecule has 3 rings (SSSR count). The van der Waals surface area contributed by atoms with Gasteiger partial charge in [-0.15, -0.1) is 0 Å². The van der Waals surface area contributed by atoms with E-state index in [1.807, 2.05) is 19.1 Å². The average molecular weight is 393 g/mol. The van der Waals surface area contributed by atoms with Gasteiger partial charge in [-0.25, -0.2) is 0 Å². The van der Waals surface area contributed by atoms with Crippen molar-refractivity contribution < 1.29 is 9.59 Å². The summed E-state index contributed by atoms with van der Waals surface area (Å²) in [5, 5.41) is 2.99. The first-order chi connectivity index (χ1) is 14.1. The summed E-state index contributed by atoms with van der Waals surface area (Å²) in [7, 11) is 0. The fraction of sp³-hybridized carbons (Fsp3) is 0.440. The van der Waals surface area contributed by atoms with E-state index in [4.69, 9.17) is 0 Å². The molecule has 0 saturated carbocycles. The molecule has 29 heavy (non-hydrogen) atoms. The maximum atomic E-state index is 12.3. The molecule has 4 heteroatoms. The van der Waals surface area contributed by atoms with Crippen LogP contribution in [0.3, 0.4) is 0 Å². The zero-order valence-electron chi connectivity index (χ0n) is 17.5. The topological polar surface area (TPSA) is 49.4 Å². The quantitative estimate of drug-likeness (QED) is 0.660. The fourth-order valence-electron chi connectivity index (χ4n) is 3.80. The predicted octanol–water partition coefficient (Wildman–Crippen LogP) is 4.17. The summed E-state index contributed by atoms with van der Waals surface area (Å²) >= 11 is 0. The smallest absolute Gasteiger partial charge is 0.251 e. The number of ketones is 1. The molecule has 0 unspecified atom stereocenters. The van der Waals surface area contributed by atoms with Gasteiger partial charge in [0.2, 0.25) is 0 Å². The Bertz CT molecular complexity index is 791. The third-order valence-corrected chi connectivity index (χ3v) is 5.47. The Morgan fingerprint density at radius 3 is 2.17 bits per heavy atom. The second-order valence-electron chi connectivity index (χ2n) is 7.97. The second kappa shape index (κ2) is 10.9. The van der Waals surface area contributed by atoms with Crippen molar-refractivity contribution in [1.82, 2.24) is 10.2 Å². The van der Waals surface area contributed by atoms with Gasteiger partial charge >= 0.3 is 0 Å². The van der Waals surface area contributed by atoms with Crippen LogP contribution < -0.4 is 5.32 Å². The normalized spacial score (nSPS) is 14.1. The number of carbonyl (C=O) groups excluding carboxylic acids is 2. The van der Waals surface area contributed by atoms with Crippen LogP contribution in [-0.2, 0) is 24.2 Å². The van der Waals surface area contributed by atoms with Gasteiger partial charge in [-0.05, 0) is 67.6 Å². The average Bonchev–Trinajstić information content (AvgIpc) is 3.23. The first-order valence-corrected chi connectivity index (χ1v) is 10.8. The van der Waals surface area contributed by atoms with Crippen LogP contribution >= 0.6 is 0 Å². The molecule has 2 aromatic rings. The van der Waals surface area contributed by atoms with E-state index in [0.29, 0.717) is 24.9 Å². The van der Waals surface area contributed by atoms with Gasteiger partial charge in [0.1, 0.15) is 5.78 Å². The third kappa shape index (κ3) is 6.82. The molecule has 0 bridgehead atoms. The monoisotopic (exact) mass is 392 g/mol. The number of likely N-dealkylation sites (tertiary alicyclic amines) is 1. The molecule has 1 aliphatic heterocycles. The molecule has 0 spiro atoms. The summed E-state index contributed by atoms with van der Waals surface area (Å²) in [6.07, 6.45) is 5.39. The van der Waals surface area contributed by atoms with Crippen LogP contribution in [0.1, 0.15) is 59.7 Å². The summed E-state index contributed by atoms with van der Waals surface area (Å²) in [6.45, 7) is 6.08. The molecule has 1 aliphatic rings. The van der Waals surface area contributed by atoms with E-state index in [1.165, 1.54) is 37.1 Å². The Morgan fingerprint density at radius 2 is 1.52 bits per heavy atom. The third-order valence-electron chi connectivity index (χ3n) is 5.47. The molecule has 1 heterocycles. The summed E-state index contributed by atoms with van der Waals surface area (Å²) < 4.78 is 0. The standard InChI is InChI=1S/C25H32N2O2/c1-2-5-24(28)18-21-10-12-23(13-11-21)25(29)26-15-14-20-6-8-22(9-7-20)19-27-16-3-4-17-27/h6-13H,2-5,14-19H2,1H3,(H,26,29). The van der Waals surface area contributed by atoms with Crippen molar-refractivity contribution in [2.24, 2.45) is 0 Å². The van der Waals surface area contributed by atoms with Crippen molar-refractivity contribution in [3.05, 3.63) is 70.8 Å². The van der Waals surface area contributed by atoms with Gasteiger partial charge < -0.3 is 5.32 Å². The molecule has 0 aromatic heterocycles. The molecule has 4 nitrogen and oxygen atoms in total. The molecule has 1 fully saturated rings. The molecular weight excluding hydrogens is 360 g/mol. The van der Waals surface area contributed by atoms with Crippen molar-refractivity contribution >= 4 is 11.7 Å². The van der Waals surface area contributed by atoms with Crippen LogP contribution in [0.2, 0.25) is 0 Å². The van der Waals surface area contributed by atoms with E-state index in [9.17, 15) is 9.59 Å². The molecule has 2 aromatic carbocycles. The first kappa shape index (κ1) is 21.3. The zero-order valence-corrected chi connectivity index (χ0v) is 17.5. The molecule has 0 atom stereocenters. The van der Waals surface area contributed by atoms with Crippen LogP contribution in [0.15, 0.2) is 48.5 Å². The Kier molecular flexibility index (Phi) is 8.00. The Labute approximate surface area is 174 Å². The Morgan fingerprint density at radius 1 is 0.897 bits per heavy atom. The number of Topliss-reactive ketones (excluding diaryl/α,β-unsaturated/α-hetero) is 1. The minimum absolute atomic E-state index is 0.0675. The number of nitrogens with zero attached hydrogens (tertiary/aromatic N) is 1. The molecule has 1 saturated heterocycles. The van der Waals surface area contributed by atoms with Gasteiger partial charge in [0, 0.05) is 31.5 Å². The van der Waals surface area contributed by atoms with Gasteiger partial charge in [0.15, 0.2) is 0 Å². The number of carbonyl (C=O) groups is 2. The highest BCUT2D eigenvalue weighted by molar-refractivity contribution is 5.94. The van der Waals surface area contributed by atoms with Crippen LogP contribution in [-0.4, -0.2) is 36.2 Å². The van der Waals surface area contributed by atoms with Crippen LogP contribution in [0.5, 0.6) is 0 Å². The van der Waals surface area contributed by atoms with Gasteiger partial charge in [-0.1, -0.05) is 43.3 Å². The van der Waals surface area contributed by atoms with Gasteiger partial charge in [-0.2, -0.15) is 0 Å². The van der Waals surface area contributed by atoms with Crippen molar-refractivity contribution in [2.45, 2.75) is 52.0 Å². The highest BCUT2D eigenvalue weighted by Gasteiger charge is 2.11. The lowest BCUT2D eigenvalue weighted by atomic mass is 10.0. The van der Waals surface area contributed by atoms with Crippen LogP contribution in [0.25, 0.3) is 0 Å². The van der Waals surface area contributed by atoms with Gasteiger partial charge in [-0.3, -0.25) is 14.5 Å². The highest BCUT2D eigenvalue weighted by atomic mass is 16.1. The zero-order chi connectivity index (χ0) is 20.5. The number of hydrogen-bond acceptors (Lipinski definition) is 3.